The standard InChI is InChI=1S/C16H16BrNOS/c1-10-7-11(17)9-12(8-10)18-16(19)14-3-2-4-15-13(14)5-6-20-15/h5-9,14H,2-4H2,1H3,(H,18,19). The molecule has 1 N–H and O–H groups in total. The van der Waals surface area contributed by atoms with Gasteiger partial charge in [0.05, 0.1) is 5.92 Å². The molecule has 2 aromatic rings. The van der Waals surface area contributed by atoms with E-state index >= 15 is 0 Å². The highest BCUT2D eigenvalue weighted by molar-refractivity contribution is 9.10. The van der Waals surface area contributed by atoms with E-state index in [1.807, 2.05) is 25.1 Å². The fraction of sp³-hybridized carbons (Fsp3) is 0.312. The van der Waals surface area contributed by atoms with Crippen molar-refractivity contribution in [3.05, 3.63) is 50.1 Å². The molecule has 0 saturated carbocycles. The van der Waals surface area contributed by atoms with E-state index in [2.05, 4.69) is 32.7 Å². The lowest BCUT2D eigenvalue weighted by Gasteiger charge is -2.22. The Balaban J connectivity index is 1.81. The van der Waals surface area contributed by atoms with Crippen molar-refractivity contribution in [2.24, 2.45) is 0 Å². The molecule has 1 amide bonds. The van der Waals surface area contributed by atoms with Gasteiger partial charge in [-0.15, -0.1) is 11.3 Å². The summed E-state index contributed by atoms with van der Waals surface area (Å²) in [6.45, 7) is 2.03. The van der Waals surface area contributed by atoms with Crippen molar-refractivity contribution in [1.82, 2.24) is 0 Å². The highest BCUT2D eigenvalue weighted by Gasteiger charge is 2.27. The summed E-state index contributed by atoms with van der Waals surface area (Å²) in [6.07, 6.45) is 3.17. The largest absolute Gasteiger partial charge is 0.326 e. The molecule has 2 nitrogen and oxygen atoms in total. The number of amides is 1. The average molecular weight is 350 g/mol. The van der Waals surface area contributed by atoms with Gasteiger partial charge in [-0.3, -0.25) is 4.79 Å². The molecule has 1 heterocycles. The van der Waals surface area contributed by atoms with Crippen molar-refractivity contribution in [3.63, 3.8) is 0 Å². The predicted octanol–water partition coefficient (Wildman–Crippen LogP) is 4.88. The Labute approximate surface area is 131 Å². The van der Waals surface area contributed by atoms with Crippen molar-refractivity contribution in [3.8, 4) is 0 Å². The Kier molecular flexibility index (Phi) is 3.94. The topological polar surface area (TPSA) is 29.1 Å². The highest BCUT2D eigenvalue weighted by atomic mass is 79.9. The summed E-state index contributed by atoms with van der Waals surface area (Å²) in [7, 11) is 0. The van der Waals surface area contributed by atoms with E-state index in [0.717, 1.165) is 35.0 Å². The molecule has 0 aliphatic heterocycles. The van der Waals surface area contributed by atoms with Crippen LogP contribution in [0.15, 0.2) is 34.1 Å². The van der Waals surface area contributed by atoms with Crippen LogP contribution in [0.25, 0.3) is 0 Å². The molecule has 1 unspecified atom stereocenters. The summed E-state index contributed by atoms with van der Waals surface area (Å²) in [5.41, 5.74) is 3.23. The molecular weight excluding hydrogens is 334 g/mol. The maximum Gasteiger partial charge on any atom is 0.231 e. The van der Waals surface area contributed by atoms with Crippen LogP contribution in [0.4, 0.5) is 5.69 Å². The normalized spacial score (nSPS) is 17.6. The summed E-state index contributed by atoms with van der Waals surface area (Å²) in [5.74, 6) is 0.117. The molecule has 1 aliphatic carbocycles. The average Bonchev–Trinajstić information content (AvgIpc) is 2.85. The zero-order valence-corrected chi connectivity index (χ0v) is 13.7. The minimum atomic E-state index is 0.00397. The van der Waals surface area contributed by atoms with Crippen molar-refractivity contribution < 1.29 is 4.79 Å². The van der Waals surface area contributed by atoms with E-state index in [9.17, 15) is 4.79 Å². The van der Waals surface area contributed by atoms with Crippen LogP contribution in [0.2, 0.25) is 0 Å². The van der Waals surface area contributed by atoms with E-state index in [-0.39, 0.29) is 11.8 Å². The molecule has 3 rings (SSSR count). The van der Waals surface area contributed by atoms with Gasteiger partial charge in [0.1, 0.15) is 0 Å². The van der Waals surface area contributed by atoms with Gasteiger partial charge in [-0.05, 0) is 67.0 Å². The zero-order valence-electron chi connectivity index (χ0n) is 11.3. The number of aryl methyl sites for hydroxylation is 2. The third-order valence-corrected chi connectivity index (χ3v) is 5.13. The number of hydrogen-bond acceptors (Lipinski definition) is 2. The zero-order chi connectivity index (χ0) is 14.1. The van der Waals surface area contributed by atoms with E-state index in [0.29, 0.717) is 0 Å². The third-order valence-electron chi connectivity index (χ3n) is 3.68. The van der Waals surface area contributed by atoms with Gasteiger partial charge in [0.25, 0.3) is 0 Å². The number of benzene rings is 1. The first-order chi connectivity index (χ1) is 9.63. The van der Waals surface area contributed by atoms with Crippen LogP contribution in [-0.4, -0.2) is 5.91 Å². The van der Waals surface area contributed by atoms with Crippen LogP contribution >= 0.6 is 27.3 Å². The van der Waals surface area contributed by atoms with Crippen molar-refractivity contribution in [1.29, 1.82) is 0 Å². The van der Waals surface area contributed by atoms with Gasteiger partial charge < -0.3 is 5.32 Å². The van der Waals surface area contributed by atoms with Gasteiger partial charge in [-0.1, -0.05) is 15.9 Å². The molecule has 0 radical (unpaired) electrons. The first kappa shape index (κ1) is 13.8. The minimum Gasteiger partial charge on any atom is -0.326 e. The Morgan fingerprint density at radius 1 is 1.40 bits per heavy atom. The second-order valence-corrected chi connectivity index (χ2v) is 7.17. The quantitative estimate of drug-likeness (QED) is 0.822. The van der Waals surface area contributed by atoms with Gasteiger partial charge >= 0.3 is 0 Å². The van der Waals surface area contributed by atoms with Crippen LogP contribution < -0.4 is 5.32 Å². The number of carbonyl (C=O) groups is 1. The van der Waals surface area contributed by atoms with Crippen LogP contribution in [0.1, 0.15) is 34.8 Å². The number of carbonyl (C=O) groups excluding carboxylic acids is 1. The lowest BCUT2D eigenvalue weighted by molar-refractivity contribution is -0.117. The van der Waals surface area contributed by atoms with Crippen molar-refractivity contribution in [2.45, 2.75) is 32.1 Å². The SMILES string of the molecule is Cc1cc(Br)cc(NC(=O)C2CCCc3sccc32)c1. The molecule has 0 saturated heterocycles. The minimum absolute atomic E-state index is 0.00397. The number of fused-ring (bicyclic) bond motifs is 1. The van der Waals surface area contributed by atoms with Crippen molar-refractivity contribution in [2.75, 3.05) is 5.32 Å². The number of rotatable bonds is 2. The van der Waals surface area contributed by atoms with Gasteiger partial charge in [-0.25, -0.2) is 0 Å². The Morgan fingerprint density at radius 3 is 3.05 bits per heavy atom. The predicted molar refractivity (Wildman–Crippen MR) is 87.5 cm³/mol. The van der Waals surface area contributed by atoms with Crippen LogP contribution in [0.3, 0.4) is 0 Å². The van der Waals surface area contributed by atoms with Gasteiger partial charge in [-0.2, -0.15) is 0 Å². The highest BCUT2D eigenvalue weighted by Crippen LogP contribution is 2.35. The van der Waals surface area contributed by atoms with Crippen molar-refractivity contribution >= 4 is 38.9 Å². The van der Waals surface area contributed by atoms with Crippen LogP contribution in [0, 0.1) is 6.92 Å². The van der Waals surface area contributed by atoms with Gasteiger partial charge in [0, 0.05) is 15.0 Å². The first-order valence-corrected chi connectivity index (χ1v) is 8.45. The summed E-state index contributed by atoms with van der Waals surface area (Å²) in [4.78, 5) is 13.9. The Bertz CT molecular complexity index is 629. The summed E-state index contributed by atoms with van der Waals surface area (Å²) < 4.78 is 0.993. The molecule has 1 aliphatic rings. The molecule has 4 heteroatoms. The summed E-state index contributed by atoms with van der Waals surface area (Å²) >= 11 is 5.24. The fourth-order valence-electron chi connectivity index (χ4n) is 2.80. The molecular formula is C16H16BrNOS. The first-order valence-electron chi connectivity index (χ1n) is 6.78. The molecule has 0 spiro atoms. The molecule has 1 aromatic heterocycles. The Hall–Kier alpha value is -1.13. The number of anilines is 1. The van der Waals surface area contributed by atoms with E-state index < -0.39 is 0 Å². The number of nitrogens with one attached hydrogen (secondary N) is 1. The van der Waals surface area contributed by atoms with Gasteiger partial charge in [0.15, 0.2) is 0 Å². The van der Waals surface area contributed by atoms with Crippen LogP contribution in [0.5, 0.6) is 0 Å². The molecule has 104 valence electrons. The molecule has 1 atom stereocenters. The molecule has 1 aromatic carbocycles. The molecule has 0 fully saturated rings. The number of hydrogen-bond donors (Lipinski definition) is 1. The summed E-state index contributed by atoms with van der Waals surface area (Å²) in [5, 5.41) is 5.16. The second kappa shape index (κ2) is 5.70. The van der Waals surface area contributed by atoms with E-state index in [1.54, 1.807) is 11.3 Å². The molecule has 20 heavy (non-hydrogen) atoms. The molecule has 0 bridgehead atoms. The number of thiophene rings is 1. The van der Waals surface area contributed by atoms with E-state index in [4.69, 9.17) is 0 Å². The second-order valence-electron chi connectivity index (χ2n) is 5.25. The van der Waals surface area contributed by atoms with E-state index in [1.165, 1.54) is 10.4 Å². The Morgan fingerprint density at radius 2 is 2.25 bits per heavy atom. The van der Waals surface area contributed by atoms with Gasteiger partial charge in [0.2, 0.25) is 5.91 Å². The third kappa shape index (κ3) is 2.81. The maximum atomic E-state index is 12.5. The maximum absolute atomic E-state index is 12.5. The fourth-order valence-corrected chi connectivity index (χ4v) is 4.39. The number of halogens is 1. The monoisotopic (exact) mass is 349 g/mol. The summed E-state index contributed by atoms with van der Waals surface area (Å²) in [6, 6.07) is 8.09. The lowest BCUT2D eigenvalue weighted by Crippen LogP contribution is -2.23. The lowest BCUT2D eigenvalue weighted by atomic mass is 9.87. The smallest absolute Gasteiger partial charge is 0.231 e. The van der Waals surface area contributed by atoms with Crippen LogP contribution in [-0.2, 0) is 11.2 Å².